The summed E-state index contributed by atoms with van der Waals surface area (Å²) in [5.74, 6) is -0.327. The molecule has 0 aliphatic rings. The normalized spacial score (nSPS) is 10.4. The first-order valence-electron chi connectivity index (χ1n) is 7.30. The van der Waals surface area contributed by atoms with E-state index in [9.17, 15) is 14.4 Å². The Morgan fingerprint density at radius 2 is 1.65 bits per heavy atom. The third-order valence-electron chi connectivity index (χ3n) is 3.54. The summed E-state index contributed by atoms with van der Waals surface area (Å²) in [5.41, 5.74) is 2.75. The Kier molecular flexibility index (Phi) is 5.00. The van der Waals surface area contributed by atoms with Gasteiger partial charge in [0.2, 0.25) is 11.8 Å². The van der Waals surface area contributed by atoms with Gasteiger partial charge in [-0.15, -0.1) is 0 Å². The SMILES string of the molecule is CC(=O)Nc1ccc(NC(=O)CCn2c(C)c(C)[nH]c2=O)cc1. The van der Waals surface area contributed by atoms with Gasteiger partial charge in [-0.05, 0) is 38.1 Å². The van der Waals surface area contributed by atoms with Crippen molar-refractivity contribution in [1.82, 2.24) is 9.55 Å². The molecule has 0 saturated heterocycles. The van der Waals surface area contributed by atoms with E-state index in [2.05, 4.69) is 15.6 Å². The van der Waals surface area contributed by atoms with Crippen LogP contribution in [0.15, 0.2) is 29.1 Å². The molecule has 1 heterocycles. The number of imidazole rings is 1. The lowest BCUT2D eigenvalue weighted by atomic mass is 10.2. The zero-order valence-corrected chi connectivity index (χ0v) is 13.4. The number of rotatable bonds is 5. The highest BCUT2D eigenvalue weighted by atomic mass is 16.2. The number of H-pyrrole nitrogens is 1. The van der Waals surface area contributed by atoms with Gasteiger partial charge < -0.3 is 15.6 Å². The van der Waals surface area contributed by atoms with E-state index in [1.165, 1.54) is 6.92 Å². The second-order valence-electron chi connectivity index (χ2n) is 5.35. The molecule has 0 radical (unpaired) electrons. The zero-order chi connectivity index (χ0) is 17.0. The molecule has 0 saturated carbocycles. The molecule has 0 fully saturated rings. The number of carbonyl (C=O) groups excluding carboxylic acids is 2. The molecule has 3 N–H and O–H groups in total. The summed E-state index contributed by atoms with van der Waals surface area (Å²) in [6, 6.07) is 6.84. The standard InChI is InChI=1S/C16H20N4O3/c1-10-11(2)20(16(23)17-10)9-8-15(22)19-14-6-4-13(5-7-14)18-12(3)21/h4-7H,8-9H2,1-3H3,(H,17,23)(H,18,21)(H,19,22). The van der Waals surface area contributed by atoms with Crippen molar-refractivity contribution in [1.29, 1.82) is 0 Å². The lowest BCUT2D eigenvalue weighted by molar-refractivity contribution is -0.116. The predicted octanol–water partition coefficient (Wildman–Crippen LogP) is 1.78. The lowest BCUT2D eigenvalue weighted by Gasteiger charge is -2.08. The van der Waals surface area contributed by atoms with Crippen LogP contribution in [-0.4, -0.2) is 21.4 Å². The Balaban J connectivity index is 1.92. The molecular weight excluding hydrogens is 296 g/mol. The van der Waals surface area contributed by atoms with Crippen molar-refractivity contribution >= 4 is 23.2 Å². The maximum atomic E-state index is 12.0. The number of nitrogens with one attached hydrogen (secondary N) is 3. The number of amides is 2. The van der Waals surface area contributed by atoms with Crippen molar-refractivity contribution < 1.29 is 9.59 Å². The minimum Gasteiger partial charge on any atom is -0.326 e. The van der Waals surface area contributed by atoms with E-state index in [1.54, 1.807) is 28.8 Å². The Morgan fingerprint density at radius 1 is 1.09 bits per heavy atom. The van der Waals surface area contributed by atoms with E-state index in [1.807, 2.05) is 13.8 Å². The fourth-order valence-corrected chi connectivity index (χ4v) is 2.22. The van der Waals surface area contributed by atoms with E-state index in [0.717, 1.165) is 11.4 Å². The van der Waals surface area contributed by atoms with Crippen LogP contribution in [-0.2, 0) is 16.1 Å². The molecule has 23 heavy (non-hydrogen) atoms. The van der Waals surface area contributed by atoms with Crippen LogP contribution in [0.25, 0.3) is 0 Å². The summed E-state index contributed by atoms with van der Waals surface area (Å²) in [5, 5.41) is 5.41. The summed E-state index contributed by atoms with van der Waals surface area (Å²) in [6.07, 6.45) is 0.200. The van der Waals surface area contributed by atoms with Crippen LogP contribution < -0.4 is 16.3 Å². The fraction of sp³-hybridized carbons (Fsp3) is 0.312. The number of anilines is 2. The number of hydrogen-bond donors (Lipinski definition) is 3. The van der Waals surface area contributed by atoms with Gasteiger partial charge in [0.25, 0.3) is 0 Å². The van der Waals surface area contributed by atoms with E-state index in [4.69, 9.17) is 0 Å². The smallest absolute Gasteiger partial charge is 0.325 e. The molecule has 1 aromatic heterocycles. The zero-order valence-electron chi connectivity index (χ0n) is 13.4. The molecule has 0 unspecified atom stereocenters. The van der Waals surface area contributed by atoms with Gasteiger partial charge in [0.05, 0.1) is 0 Å². The van der Waals surface area contributed by atoms with Gasteiger partial charge in [-0.25, -0.2) is 4.79 Å². The van der Waals surface area contributed by atoms with Crippen molar-refractivity contribution in [3.8, 4) is 0 Å². The molecule has 7 heteroatoms. The molecule has 1 aromatic carbocycles. The summed E-state index contributed by atoms with van der Waals surface area (Å²) in [7, 11) is 0. The van der Waals surface area contributed by atoms with Crippen LogP contribution in [0.1, 0.15) is 24.7 Å². The molecule has 0 atom stereocenters. The highest BCUT2D eigenvalue weighted by Gasteiger charge is 2.09. The van der Waals surface area contributed by atoms with Crippen molar-refractivity contribution in [2.75, 3.05) is 10.6 Å². The van der Waals surface area contributed by atoms with Crippen LogP contribution in [0, 0.1) is 13.8 Å². The molecule has 2 amide bonds. The second kappa shape index (κ2) is 6.95. The van der Waals surface area contributed by atoms with Gasteiger partial charge in [0.1, 0.15) is 0 Å². The predicted molar refractivity (Wildman–Crippen MR) is 88.5 cm³/mol. The number of nitrogens with zero attached hydrogens (tertiary/aromatic N) is 1. The van der Waals surface area contributed by atoms with Gasteiger partial charge in [-0.2, -0.15) is 0 Å². The molecule has 0 aliphatic carbocycles. The summed E-state index contributed by atoms with van der Waals surface area (Å²) in [6.45, 7) is 5.42. The molecule has 2 rings (SSSR count). The third-order valence-corrected chi connectivity index (χ3v) is 3.54. The average Bonchev–Trinajstić information content (AvgIpc) is 2.72. The van der Waals surface area contributed by atoms with Gasteiger partial charge in [0.15, 0.2) is 0 Å². The molecule has 0 bridgehead atoms. The first kappa shape index (κ1) is 16.5. The fourth-order valence-electron chi connectivity index (χ4n) is 2.22. The van der Waals surface area contributed by atoms with Gasteiger partial charge >= 0.3 is 5.69 Å². The second-order valence-corrected chi connectivity index (χ2v) is 5.35. The van der Waals surface area contributed by atoms with Crippen LogP contribution in [0.4, 0.5) is 11.4 Å². The average molecular weight is 316 g/mol. The van der Waals surface area contributed by atoms with E-state index in [-0.39, 0.29) is 23.9 Å². The Bertz CT molecular complexity index is 772. The van der Waals surface area contributed by atoms with Crippen LogP contribution in [0.2, 0.25) is 0 Å². The van der Waals surface area contributed by atoms with Crippen LogP contribution in [0.3, 0.4) is 0 Å². The van der Waals surface area contributed by atoms with Crippen molar-refractivity contribution in [3.63, 3.8) is 0 Å². The van der Waals surface area contributed by atoms with Gasteiger partial charge in [0, 0.05) is 42.7 Å². The maximum absolute atomic E-state index is 12.0. The van der Waals surface area contributed by atoms with E-state index < -0.39 is 0 Å². The van der Waals surface area contributed by atoms with Crippen LogP contribution in [0.5, 0.6) is 0 Å². The number of carbonyl (C=O) groups is 2. The Hall–Kier alpha value is -2.83. The van der Waals surface area contributed by atoms with E-state index in [0.29, 0.717) is 17.9 Å². The maximum Gasteiger partial charge on any atom is 0.325 e. The van der Waals surface area contributed by atoms with Crippen molar-refractivity contribution in [2.45, 2.75) is 33.7 Å². The number of aryl methyl sites for hydroxylation is 1. The Labute approximate surface area is 133 Å². The molecule has 122 valence electrons. The highest BCUT2D eigenvalue weighted by molar-refractivity contribution is 5.92. The molecule has 2 aromatic rings. The number of hydrogen-bond acceptors (Lipinski definition) is 3. The third kappa shape index (κ3) is 4.32. The largest absolute Gasteiger partial charge is 0.326 e. The Morgan fingerprint density at radius 3 is 2.13 bits per heavy atom. The summed E-state index contributed by atoms with van der Waals surface area (Å²) in [4.78, 5) is 37.3. The minimum atomic E-state index is -0.201. The quantitative estimate of drug-likeness (QED) is 0.784. The van der Waals surface area contributed by atoms with Gasteiger partial charge in [-0.3, -0.25) is 14.2 Å². The van der Waals surface area contributed by atoms with Crippen molar-refractivity contribution in [2.24, 2.45) is 0 Å². The molecular formula is C16H20N4O3. The highest BCUT2D eigenvalue weighted by Crippen LogP contribution is 2.13. The summed E-state index contributed by atoms with van der Waals surface area (Å²) < 4.78 is 1.55. The summed E-state index contributed by atoms with van der Waals surface area (Å²) >= 11 is 0. The van der Waals surface area contributed by atoms with Gasteiger partial charge in [-0.1, -0.05) is 0 Å². The number of aromatic amines is 1. The lowest BCUT2D eigenvalue weighted by Crippen LogP contribution is -2.22. The number of aromatic nitrogens is 2. The molecule has 7 nitrogen and oxygen atoms in total. The first-order chi connectivity index (χ1) is 10.9. The van der Waals surface area contributed by atoms with Crippen LogP contribution >= 0.6 is 0 Å². The van der Waals surface area contributed by atoms with Crippen molar-refractivity contribution in [3.05, 3.63) is 46.1 Å². The monoisotopic (exact) mass is 316 g/mol. The number of benzene rings is 1. The molecule has 0 aliphatic heterocycles. The minimum absolute atomic E-state index is 0.149. The molecule has 0 spiro atoms. The topological polar surface area (TPSA) is 96.0 Å². The first-order valence-corrected chi connectivity index (χ1v) is 7.30. The van der Waals surface area contributed by atoms with E-state index >= 15 is 0 Å².